The van der Waals surface area contributed by atoms with Crippen LogP contribution in [-0.4, -0.2) is 17.7 Å². The van der Waals surface area contributed by atoms with Gasteiger partial charge in [-0.05, 0) is 55.5 Å². The normalized spacial score (nSPS) is 10.6. The fourth-order valence-electron chi connectivity index (χ4n) is 2.24. The first-order chi connectivity index (χ1) is 12.5. The molecule has 0 aliphatic heterocycles. The molecule has 0 bridgehead atoms. The summed E-state index contributed by atoms with van der Waals surface area (Å²) in [4.78, 5) is 11.8. The number of esters is 1. The third kappa shape index (κ3) is 4.24. The highest BCUT2D eigenvalue weighted by Gasteiger charge is 2.15. The summed E-state index contributed by atoms with van der Waals surface area (Å²) in [5.74, 6) is -0.488. The summed E-state index contributed by atoms with van der Waals surface area (Å²) in [5.41, 5.74) is 1.83. The standard InChI is InChI=1S/C19H15F2NO4/c1-12-17(22-26-19(12)13-2-4-14(20)5-3-13)10-25-18(23)11-24-16-8-6-15(21)7-9-16/h2-9H,10-11H2,1H3. The van der Waals surface area contributed by atoms with E-state index in [0.717, 1.165) is 0 Å². The van der Waals surface area contributed by atoms with Crippen molar-refractivity contribution in [1.82, 2.24) is 5.16 Å². The molecule has 0 radical (unpaired) electrons. The van der Waals surface area contributed by atoms with Crippen molar-refractivity contribution in [3.63, 3.8) is 0 Å². The molecule has 0 spiro atoms. The van der Waals surface area contributed by atoms with Crippen LogP contribution < -0.4 is 4.74 Å². The molecule has 0 atom stereocenters. The van der Waals surface area contributed by atoms with E-state index in [2.05, 4.69) is 5.16 Å². The Kier molecular flexibility index (Phi) is 5.26. The van der Waals surface area contributed by atoms with E-state index in [9.17, 15) is 13.6 Å². The number of nitrogens with zero attached hydrogens (tertiary/aromatic N) is 1. The van der Waals surface area contributed by atoms with Gasteiger partial charge in [0.05, 0.1) is 0 Å². The topological polar surface area (TPSA) is 61.6 Å². The second-order valence-corrected chi connectivity index (χ2v) is 5.49. The lowest BCUT2D eigenvalue weighted by molar-refractivity contribution is -0.147. The van der Waals surface area contributed by atoms with Gasteiger partial charge in [0, 0.05) is 11.1 Å². The van der Waals surface area contributed by atoms with E-state index in [1.165, 1.54) is 36.4 Å². The number of carbonyl (C=O) groups is 1. The van der Waals surface area contributed by atoms with Crippen molar-refractivity contribution in [3.05, 3.63) is 71.4 Å². The molecule has 134 valence electrons. The largest absolute Gasteiger partial charge is 0.482 e. The average Bonchev–Trinajstić information content (AvgIpc) is 3.01. The van der Waals surface area contributed by atoms with Crippen LogP contribution in [0.25, 0.3) is 11.3 Å². The number of carbonyl (C=O) groups excluding carboxylic acids is 1. The Hall–Kier alpha value is -3.22. The molecule has 0 amide bonds. The summed E-state index contributed by atoms with van der Waals surface area (Å²) < 4.78 is 41.4. The molecule has 1 heterocycles. The summed E-state index contributed by atoms with van der Waals surface area (Å²) >= 11 is 0. The molecule has 0 unspecified atom stereocenters. The van der Waals surface area contributed by atoms with E-state index in [1.54, 1.807) is 19.1 Å². The van der Waals surface area contributed by atoms with Crippen molar-refractivity contribution in [3.8, 4) is 17.1 Å². The average molecular weight is 359 g/mol. The minimum absolute atomic E-state index is 0.0812. The monoisotopic (exact) mass is 359 g/mol. The van der Waals surface area contributed by atoms with Crippen molar-refractivity contribution in [1.29, 1.82) is 0 Å². The van der Waals surface area contributed by atoms with Crippen LogP contribution in [0.1, 0.15) is 11.3 Å². The number of ether oxygens (including phenoxy) is 2. The number of benzene rings is 2. The second kappa shape index (κ2) is 7.77. The Bertz CT molecular complexity index is 889. The van der Waals surface area contributed by atoms with Crippen molar-refractivity contribution < 1.29 is 27.6 Å². The third-order valence-corrected chi connectivity index (χ3v) is 3.67. The lowest BCUT2D eigenvalue weighted by atomic mass is 10.1. The molecule has 2 aromatic carbocycles. The van der Waals surface area contributed by atoms with Crippen LogP contribution in [0.5, 0.6) is 5.75 Å². The van der Waals surface area contributed by atoms with Gasteiger partial charge in [0.15, 0.2) is 12.4 Å². The first kappa shape index (κ1) is 17.6. The molecule has 0 N–H and O–H groups in total. The van der Waals surface area contributed by atoms with Gasteiger partial charge < -0.3 is 14.0 Å². The predicted molar refractivity (Wildman–Crippen MR) is 88.3 cm³/mol. The molecular weight excluding hydrogens is 344 g/mol. The Balaban J connectivity index is 1.55. The molecule has 26 heavy (non-hydrogen) atoms. The lowest BCUT2D eigenvalue weighted by Crippen LogP contribution is -2.15. The first-order valence-electron chi connectivity index (χ1n) is 7.78. The summed E-state index contributed by atoms with van der Waals surface area (Å²) in [5, 5.41) is 3.89. The van der Waals surface area contributed by atoms with Crippen LogP contribution in [0.15, 0.2) is 53.1 Å². The van der Waals surface area contributed by atoms with Crippen molar-refractivity contribution in [2.24, 2.45) is 0 Å². The van der Waals surface area contributed by atoms with E-state index < -0.39 is 11.8 Å². The van der Waals surface area contributed by atoms with Gasteiger partial charge in [-0.1, -0.05) is 5.16 Å². The minimum Gasteiger partial charge on any atom is -0.482 e. The zero-order valence-electron chi connectivity index (χ0n) is 13.9. The van der Waals surface area contributed by atoms with E-state index >= 15 is 0 Å². The van der Waals surface area contributed by atoms with Gasteiger partial charge in [0.1, 0.15) is 29.7 Å². The van der Waals surface area contributed by atoms with E-state index in [-0.39, 0.29) is 19.0 Å². The quantitative estimate of drug-likeness (QED) is 0.622. The molecule has 3 rings (SSSR count). The van der Waals surface area contributed by atoms with Crippen LogP contribution in [0.4, 0.5) is 8.78 Å². The van der Waals surface area contributed by atoms with Gasteiger partial charge in [0.2, 0.25) is 0 Å². The zero-order chi connectivity index (χ0) is 18.5. The molecule has 7 heteroatoms. The van der Waals surface area contributed by atoms with Gasteiger partial charge in [-0.3, -0.25) is 0 Å². The van der Waals surface area contributed by atoms with Crippen LogP contribution in [0.3, 0.4) is 0 Å². The molecule has 0 saturated heterocycles. The molecule has 0 aliphatic rings. The maximum atomic E-state index is 13.0. The van der Waals surface area contributed by atoms with Gasteiger partial charge >= 0.3 is 5.97 Å². The van der Waals surface area contributed by atoms with Gasteiger partial charge in [-0.25, -0.2) is 13.6 Å². The number of hydrogen-bond acceptors (Lipinski definition) is 5. The van der Waals surface area contributed by atoms with Crippen LogP contribution in [0.2, 0.25) is 0 Å². The fourth-order valence-corrected chi connectivity index (χ4v) is 2.24. The maximum Gasteiger partial charge on any atom is 0.344 e. The number of halogens is 2. The summed E-state index contributed by atoms with van der Waals surface area (Å²) in [6, 6.07) is 11.1. The summed E-state index contributed by atoms with van der Waals surface area (Å²) in [6.45, 7) is 1.38. The molecule has 1 aromatic heterocycles. The highest BCUT2D eigenvalue weighted by molar-refractivity contribution is 5.71. The smallest absolute Gasteiger partial charge is 0.344 e. The Labute approximate surface area is 148 Å². The van der Waals surface area contributed by atoms with Crippen molar-refractivity contribution in [2.75, 3.05) is 6.61 Å². The Morgan fingerprint density at radius 1 is 1.04 bits per heavy atom. The molecule has 5 nitrogen and oxygen atoms in total. The van der Waals surface area contributed by atoms with E-state index in [1.807, 2.05) is 0 Å². The third-order valence-electron chi connectivity index (χ3n) is 3.67. The van der Waals surface area contributed by atoms with Gasteiger partial charge in [-0.2, -0.15) is 0 Å². The second-order valence-electron chi connectivity index (χ2n) is 5.49. The van der Waals surface area contributed by atoms with Crippen LogP contribution in [-0.2, 0) is 16.1 Å². The van der Waals surface area contributed by atoms with E-state index in [0.29, 0.717) is 28.3 Å². The minimum atomic E-state index is -0.597. The zero-order valence-corrected chi connectivity index (χ0v) is 13.9. The van der Waals surface area contributed by atoms with Crippen molar-refractivity contribution >= 4 is 5.97 Å². The molecule has 0 aliphatic carbocycles. The highest BCUT2D eigenvalue weighted by Crippen LogP contribution is 2.26. The lowest BCUT2D eigenvalue weighted by Gasteiger charge is -2.06. The SMILES string of the molecule is Cc1c(COC(=O)COc2ccc(F)cc2)noc1-c1ccc(F)cc1. The Morgan fingerprint density at radius 2 is 1.65 bits per heavy atom. The molecular formula is C19H15F2NO4. The summed E-state index contributed by atoms with van der Waals surface area (Å²) in [6.07, 6.45) is 0. The fraction of sp³-hybridized carbons (Fsp3) is 0.158. The predicted octanol–water partition coefficient (Wildman–Crippen LogP) is 4.05. The van der Waals surface area contributed by atoms with Crippen LogP contribution >= 0.6 is 0 Å². The van der Waals surface area contributed by atoms with Gasteiger partial charge in [-0.15, -0.1) is 0 Å². The van der Waals surface area contributed by atoms with Crippen LogP contribution in [0, 0.1) is 18.6 Å². The summed E-state index contributed by atoms with van der Waals surface area (Å²) in [7, 11) is 0. The molecule has 0 saturated carbocycles. The number of rotatable bonds is 6. The Morgan fingerprint density at radius 3 is 2.31 bits per heavy atom. The number of aromatic nitrogens is 1. The maximum absolute atomic E-state index is 13.0. The highest BCUT2D eigenvalue weighted by atomic mass is 19.1. The van der Waals surface area contributed by atoms with Crippen molar-refractivity contribution in [2.45, 2.75) is 13.5 Å². The van der Waals surface area contributed by atoms with E-state index in [4.69, 9.17) is 14.0 Å². The first-order valence-corrected chi connectivity index (χ1v) is 7.78. The van der Waals surface area contributed by atoms with Gasteiger partial charge in [0.25, 0.3) is 0 Å². The molecule has 3 aromatic rings. The molecule has 0 fully saturated rings. The number of hydrogen-bond donors (Lipinski definition) is 0.